The van der Waals surface area contributed by atoms with Crippen molar-refractivity contribution in [1.29, 1.82) is 0 Å². The Bertz CT molecular complexity index is 1400. The third-order valence-corrected chi connectivity index (χ3v) is 7.04. The van der Waals surface area contributed by atoms with Crippen LogP contribution in [0, 0.1) is 0 Å². The standard InChI is InChI=1S/C29H33N7O2/c1-3-4-17-38-25-7-5-6-24(32-25)31-22-10-8-21(9-11-22)27-33-26-23(12-14-35-15-13-30-29(26)35)28(34-27)36-16-18-37-19-20(36)2/h5-11,13,15,20H,3-4,12,14,16-19H2,1-2H3,(H,31,32)/t20-/m0/s1. The Morgan fingerprint density at radius 1 is 1.08 bits per heavy atom. The van der Waals surface area contributed by atoms with E-state index in [9.17, 15) is 0 Å². The van der Waals surface area contributed by atoms with Gasteiger partial charge in [0.05, 0.1) is 25.9 Å². The molecule has 0 aliphatic carbocycles. The normalized spacial score (nSPS) is 16.6. The molecule has 0 saturated carbocycles. The maximum absolute atomic E-state index is 5.75. The van der Waals surface area contributed by atoms with Crippen molar-refractivity contribution < 1.29 is 9.47 Å². The van der Waals surface area contributed by atoms with Crippen LogP contribution in [0.1, 0.15) is 32.3 Å². The van der Waals surface area contributed by atoms with E-state index >= 15 is 0 Å². The van der Waals surface area contributed by atoms with Crippen LogP contribution in [0.5, 0.6) is 5.88 Å². The minimum absolute atomic E-state index is 0.248. The van der Waals surface area contributed by atoms with Gasteiger partial charge in [0.25, 0.3) is 0 Å². The highest BCUT2D eigenvalue weighted by Crippen LogP contribution is 2.36. The molecule has 196 valence electrons. The van der Waals surface area contributed by atoms with E-state index in [1.807, 2.05) is 54.9 Å². The zero-order valence-corrected chi connectivity index (χ0v) is 21.9. The monoisotopic (exact) mass is 511 g/mol. The smallest absolute Gasteiger partial charge is 0.215 e. The van der Waals surface area contributed by atoms with Gasteiger partial charge in [0, 0.05) is 48.4 Å². The van der Waals surface area contributed by atoms with Crippen LogP contribution < -0.4 is 15.0 Å². The molecular weight excluding hydrogens is 478 g/mol. The summed E-state index contributed by atoms with van der Waals surface area (Å²) in [6, 6.07) is 14.2. The van der Waals surface area contributed by atoms with Gasteiger partial charge in [-0.05, 0) is 50.1 Å². The summed E-state index contributed by atoms with van der Waals surface area (Å²) in [5.41, 5.74) is 3.98. The predicted molar refractivity (Wildman–Crippen MR) is 148 cm³/mol. The summed E-state index contributed by atoms with van der Waals surface area (Å²) < 4.78 is 13.6. The van der Waals surface area contributed by atoms with Crippen molar-refractivity contribution in [3.05, 3.63) is 60.4 Å². The first-order chi connectivity index (χ1) is 18.7. The molecule has 1 atom stereocenters. The summed E-state index contributed by atoms with van der Waals surface area (Å²) in [6.45, 7) is 8.11. The second kappa shape index (κ2) is 10.8. The molecular formula is C29H33N7O2. The molecule has 2 aliphatic rings. The van der Waals surface area contributed by atoms with E-state index in [1.54, 1.807) is 0 Å². The number of unbranched alkanes of at least 4 members (excludes halogenated alkanes) is 1. The largest absolute Gasteiger partial charge is 0.478 e. The van der Waals surface area contributed by atoms with Crippen molar-refractivity contribution in [2.75, 3.05) is 36.6 Å². The molecule has 0 bridgehead atoms. The Morgan fingerprint density at radius 3 is 2.82 bits per heavy atom. The van der Waals surface area contributed by atoms with Crippen molar-refractivity contribution in [1.82, 2.24) is 24.5 Å². The fraction of sp³-hybridized carbons (Fsp3) is 0.379. The van der Waals surface area contributed by atoms with E-state index in [4.69, 9.17) is 19.4 Å². The van der Waals surface area contributed by atoms with Crippen LogP contribution in [0.3, 0.4) is 0 Å². The molecule has 0 spiro atoms. The Balaban J connectivity index is 1.29. The molecule has 6 rings (SSSR count). The molecule has 4 aromatic rings. The summed E-state index contributed by atoms with van der Waals surface area (Å²) in [4.78, 5) is 21.7. The fourth-order valence-corrected chi connectivity index (χ4v) is 4.97. The van der Waals surface area contributed by atoms with Crippen molar-refractivity contribution in [3.63, 3.8) is 0 Å². The van der Waals surface area contributed by atoms with Crippen molar-refractivity contribution in [2.24, 2.45) is 0 Å². The third-order valence-electron chi connectivity index (χ3n) is 7.04. The zero-order chi connectivity index (χ0) is 25.9. The Hall–Kier alpha value is -3.98. The predicted octanol–water partition coefficient (Wildman–Crippen LogP) is 5.11. The van der Waals surface area contributed by atoms with E-state index in [0.717, 1.165) is 66.8 Å². The van der Waals surface area contributed by atoms with Crippen LogP contribution in [0.2, 0.25) is 0 Å². The Morgan fingerprint density at radius 2 is 1.97 bits per heavy atom. The third kappa shape index (κ3) is 4.93. The molecule has 1 N–H and O–H groups in total. The van der Waals surface area contributed by atoms with Gasteiger partial charge in [-0.15, -0.1) is 0 Å². The van der Waals surface area contributed by atoms with Gasteiger partial charge in [0.15, 0.2) is 11.6 Å². The Kier molecular flexibility index (Phi) is 6.92. The van der Waals surface area contributed by atoms with Gasteiger partial charge in [-0.1, -0.05) is 19.4 Å². The minimum Gasteiger partial charge on any atom is -0.478 e. The Labute approximate surface area is 222 Å². The first kappa shape index (κ1) is 24.4. The highest BCUT2D eigenvalue weighted by molar-refractivity contribution is 5.72. The average molecular weight is 512 g/mol. The number of hydrogen-bond donors (Lipinski definition) is 1. The molecule has 0 radical (unpaired) electrons. The number of rotatable bonds is 8. The van der Waals surface area contributed by atoms with Crippen LogP contribution in [-0.2, 0) is 17.7 Å². The molecule has 1 fully saturated rings. The van der Waals surface area contributed by atoms with Gasteiger partial charge in [-0.3, -0.25) is 0 Å². The lowest BCUT2D eigenvalue weighted by molar-refractivity contribution is 0.0984. The molecule has 0 amide bonds. The SMILES string of the molecule is CCCCOc1cccc(Nc2ccc(-c3nc4c(c(N5CCOC[C@@H]5C)n3)CCn3ccnc3-4)cc2)n1. The van der Waals surface area contributed by atoms with E-state index < -0.39 is 0 Å². The lowest BCUT2D eigenvalue weighted by atomic mass is 10.0. The summed E-state index contributed by atoms with van der Waals surface area (Å²) in [6.07, 6.45) is 6.86. The van der Waals surface area contributed by atoms with Gasteiger partial charge < -0.3 is 24.3 Å². The van der Waals surface area contributed by atoms with Gasteiger partial charge in [0.1, 0.15) is 17.3 Å². The summed E-state index contributed by atoms with van der Waals surface area (Å²) in [5.74, 6) is 3.98. The fourth-order valence-electron chi connectivity index (χ4n) is 4.97. The number of hydrogen-bond acceptors (Lipinski definition) is 8. The number of pyridine rings is 1. The second-order valence-electron chi connectivity index (χ2n) is 9.77. The summed E-state index contributed by atoms with van der Waals surface area (Å²) in [5, 5.41) is 3.37. The van der Waals surface area contributed by atoms with E-state index in [0.29, 0.717) is 31.5 Å². The van der Waals surface area contributed by atoms with Gasteiger partial charge in [0.2, 0.25) is 5.88 Å². The maximum atomic E-state index is 5.75. The number of ether oxygens (including phenoxy) is 2. The molecule has 1 saturated heterocycles. The second-order valence-corrected chi connectivity index (χ2v) is 9.77. The van der Waals surface area contributed by atoms with Gasteiger partial charge in [-0.2, -0.15) is 4.98 Å². The van der Waals surface area contributed by atoms with Crippen molar-refractivity contribution in [2.45, 2.75) is 45.7 Å². The molecule has 1 aromatic carbocycles. The lowest BCUT2D eigenvalue weighted by Crippen LogP contribution is -2.45. The van der Waals surface area contributed by atoms with Crippen molar-refractivity contribution in [3.8, 4) is 28.8 Å². The maximum Gasteiger partial charge on any atom is 0.215 e. The van der Waals surface area contributed by atoms with Gasteiger partial charge >= 0.3 is 0 Å². The molecule has 2 aliphatic heterocycles. The van der Waals surface area contributed by atoms with E-state index in [1.165, 1.54) is 5.56 Å². The number of aryl methyl sites for hydroxylation is 1. The number of nitrogens with zero attached hydrogens (tertiary/aromatic N) is 6. The summed E-state index contributed by atoms with van der Waals surface area (Å²) >= 11 is 0. The number of nitrogens with one attached hydrogen (secondary N) is 1. The van der Waals surface area contributed by atoms with E-state index in [-0.39, 0.29) is 6.04 Å². The minimum atomic E-state index is 0.248. The molecule has 0 unspecified atom stereocenters. The number of benzene rings is 1. The first-order valence-electron chi connectivity index (χ1n) is 13.4. The molecule has 3 aromatic heterocycles. The van der Waals surface area contributed by atoms with E-state index in [2.05, 4.69) is 38.6 Å². The molecule has 38 heavy (non-hydrogen) atoms. The van der Waals surface area contributed by atoms with Crippen LogP contribution in [-0.4, -0.2) is 56.9 Å². The number of aromatic nitrogens is 5. The number of imidazole rings is 1. The molecule has 9 heteroatoms. The van der Waals surface area contributed by atoms with Crippen LogP contribution in [0.15, 0.2) is 54.9 Å². The van der Waals surface area contributed by atoms with Crippen LogP contribution >= 0.6 is 0 Å². The van der Waals surface area contributed by atoms with Crippen LogP contribution in [0.4, 0.5) is 17.3 Å². The quantitative estimate of drug-likeness (QED) is 0.327. The van der Waals surface area contributed by atoms with Crippen LogP contribution in [0.25, 0.3) is 22.9 Å². The molecule has 5 heterocycles. The topological polar surface area (TPSA) is 90.2 Å². The first-order valence-corrected chi connectivity index (χ1v) is 13.4. The zero-order valence-electron chi connectivity index (χ0n) is 21.9. The number of fused-ring (bicyclic) bond motifs is 3. The number of anilines is 3. The molecule has 9 nitrogen and oxygen atoms in total. The van der Waals surface area contributed by atoms with Crippen molar-refractivity contribution >= 4 is 17.3 Å². The number of morpholine rings is 1. The highest BCUT2D eigenvalue weighted by atomic mass is 16.5. The van der Waals surface area contributed by atoms with Gasteiger partial charge in [-0.25, -0.2) is 15.0 Å². The highest BCUT2D eigenvalue weighted by Gasteiger charge is 2.29. The lowest BCUT2D eigenvalue weighted by Gasteiger charge is -2.36. The summed E-state index contributed by atoms with van der Waals surface area (Å²) in [7, 11) is 0. The average Bonchev–Trinajstić information content (AvgIpc) is 3.43.